The van der Waals surface area contributed by atoms with Gasteiger partial charge in [-0.1, -0.05) is 11.3 Å². The van der Waals surface area contributed by atoms with Gasteiger partial charge in [0.25, 0.3) is 10.0 Å². The summed E-state index contributed by atoms with van der Waals surface area (Å²) in [6, 6.07) is 0.749. The lowest BCUT2D eigenvalue weighted by atomic mass is 10.4. The van der Waals surface area contributed by atoms with Gasteiger partial charge < -0.3 is 5.43 Å². The Morgan fingerprint density at radius 3 is 2.48 bits per heavy atom. The van der Waals surface area contributed by atoms with E-state index in [4.69, 9.17) is 5.84 Å². The smallest absolute Gasteiger partial charge is 0.310 e. The van der Waals surface area contributed by atoms with Crippen molar-refractivity contribution in [2.75, 3.05) is 19.0 Å². The van der Waals surface area contributed by atoms with Gasteiger partial charge in [-0.25, -0.2) is 14.3 Å². The number of nitro groups is 1. The molecule has 13 heteroatoms. The number of halogens is 3. The van der Waals surface area contributed by atoms with E-state index in [1.807, 2.05) is 5.43 Å². The number of hydrogen-bond acceptors (Lipinski definition) is 7. The van der Waals surface area contributed by atoms with Crippen LogP contribution in [0.4, 0.5) is 23.9 Å². The van der Waals surface area contributed by atoms with Gasteiger partial charge in [0.05, 0.1) is 11.3 Å². The molecule has 120 valence electrons. The molecule has 0 saturated carbocycles. The second-order valence-electron chi connectivity index (χ2n) is 3.87. The van der Waals surface area contributed by atoms with Crippen LogP contribution in [0.5, 0.6) is 0 Å². The highest BCUT2D eigenvalue weighted by atomic mass is 32.2. The molecule has 8 nitrogen and oxygen atoms in total. The lowest BCUT2D eigenvalue weighted by molar-refractivity contribution is -0.383. The van der Waals surface area contributed by atoms with Gasteiger partial charge in [-0.2, -0.15) is 17.5 Å². The Bertz CT molecular complexity index is 628. The van der Waals surface area contributed by atoms with Crippen LogP contribution in [0.15, 0.2) is 10.3 Å². The Labute approximate surface area is 121 Å². The summed E-state index contributed by atoms with van der Waals surface area (Å²) in [5.74, 6) is 5.04. The largest absolute Gasteiger partial charge is 0.390 e. The molecule has 1 aromatic rings. The van der Waals surface area contributed by atoms with Crippen LogP contribution in [0, 0.1) is 10.1 Å². The topological polar surface area (TPSA) is 119 Å². The van der Waals surface area contributed by atoms with E-state index in [1.54, 1.807) is 0 Å². The third kappa shape index (κ3) is 4.26. The highest BCUT2D eigenvalue weighted by Crippen LogP contribution is 2.37. The highest BCUT2D eigenvalue weighted by molar-refractivity contribution is 7.91. The first-order chi connectivity index (χ1) is 9.49. The van der Waals surface area contributed by atoms with E-state index in [2.05, 4.69) is 0 Å². The average molecular weight is 348 g/mol. The molecule has 21 heavy (non-hydrogen) atoms. The van der Waals surface area contributed by atoms with Crippen LogP contribution in [0.25, 0.3) is 0 Å². The van der Waals surface area contributed by atoms with Crippen LogP contribution in [-0.4, -0.2) is 37.4 Å². The summed E-state index contributed by atoms with van der Waals surface area (Å²) in [4.78, 5) is 9.86. The van der Waals surface area contributed by atoms with Gasteiger partial charge in [0.2, 0.25) is 0 Å². The monoisotopic (exact) mass is 348 g/mol. The molecule has 0 bridgehead atoms. The molecule has 1 rings (SSSR count). The molecule has 0 aromatic carbocycles. The Hall–Kier alpha value is -1.44. The van der Waals surface area contributed by atoms with E-state index in [0.29, 0.717) is 15.6 Å². The normalized spacial score (nSPS) is 12.7. The summed E-state index contributed by atoms with van der Waals surface area (Å²) in [5, 5.41) is 10.5. The summed E-state index contributed by atoms with van der Waals surface area (Å²) >= 11 is 0.468. The maximum atomic E-state index is 12.1. The van der Waals surface area contributed by atoms with Gasteiger partial charge in [0.1, 0.15) is 4.21 Å². The molecule has 0 amide bonds. The second kappa shape index (κ2) is 6.13. The van der Waals surface area contributed by atoms with Crippen molar-refractivity contribution in [1.29, 1.82) is 0 Å². The van der Waals surface area contributed by atoms with Gasteiger partial charge in [-0.3, -0.25) is 10.1 Å². The summed E-state index contributed by atoms with van der Waals surface area (Å²) < 4.78 is 60.4. The minimum absolute atomic E-state index is 0.206. The first-order valence-corrected chi connectivity index (χ1v) is 7.52. The van der Waals surface area contributed by atoms with Gasteiger partial charge in [-0.15, -0.1) is 0 Å². The third-order valence-electron chi connectivity index (χ3n) is 2.39. The Morgan fingerprint density at radius 2 is 2.10 bits per heavy atom. The molecule has 0 radical (unpaired) electrons. The Morgan fingerprint density at radius 1 is 1.52 bits per heavy atom. The van der Waals surface area contributed by atoms with Crippen molar-refractivity contribution >= 4 is 32.0 Å². The molecule has 0 unspecified atom stereocenters. The molecule has 0 aliphatic carbocycles. The summed E-state index contributed by atoms with van der Waals surface area (Å²) in [5.41, 5.74) is 1.41. The predicted octanol–water partition coefficient (Wildman–Crippen LogP) is 1.51. The minimum Gasteiger partial charge on any atom is -0.310 e. The first kappa shape index (κ1) is 17.6. The van der Waals surface area contributed by atoms with Crippen LogP contribution in [-0.2, 0) is 10.0 Å². The van der Waals surface area contributed by atoms with Crippen molar-refractivity contribution in [3.05, 3.63) is 16.2 Å². The quantitative estimate of drug-likeness (QED) is 0.457. The van der Waals surface area contributed by atoms with E-state index in [-0.39, 0.29) is 5.00 Å². The van der Waals surface area contributed by atoms with Gasteiger partial charge in [0, 0.05) is 19.7 Å². The van der Waals surface area contributed by atoms with Gasteiger partial charge in [-0.05, 0) is 0 Å². The van der Waals surface area contributed by atoms with E-state index in [9.17, 15) is 31.7 Å². The number of nitrogens with one attached hydrogen (secondary N) is 1. The van der Waals surface area contributed by atoms with Gasteiger partial charge in [0.15, 0.2) is 5.00 Å². The van der Waals surface area contributed by atoms with Crippen LogP contribution in [0.2, 0.25) is 0 Å². The van der Waals surface area contributed by atoms with Crippen molar-refractivity contribution in [2.24, 2.45) is 5.84 Å². The number of thiophene rings is 1. The molecule has 0 fully saturated rings. The molecule has 3 N–H and O–H groups in total. The molecule has 0 saturated heterocycles. The molecular formula is C8H11F3N4O4S2. The zero-order chi connectivity index (χ0) is 16.4. The summed E-state index contributed by atoms with van der Waals surface area (Å²) in [6.45, 7) is -0.789. The van der Waals surface area contributed by atoms with Crippen molar-refractivity contribution in [3.8, 4) is 0 Å². The first-order valence-electron chi connectivity index (χ1n) is 5.27. The predicted molar refractivity (Wildman–Crippen MR) is 69.3 cm³/mol. The maximum Gasteiger partial charge on any atom is 0.390 e. The number of anilines is 1. The van der Waals surface area contributed by atoms with Gasteiger partial charge >= 0.3 is 11.9 Å². The molecule has 0 aliphatic rings. The van der Waals surface area contributed by atoms with E-state index >= 15 is 0 Å². The number of alkyl halides is 3. The van der Waals surface area contributed by atoms with E-state index in [1.165, 1.54) is 0 Å². The SMILES string of the molecule is CN(CCC(F)(F)F)S(=O)(=O)c1cc([N+](=O)[O-])c(NN)s1. The minimum atomic E-state index is -4.50. The number of sulfonamides is 1. The second-order valence-corrected chi connectivity index (χ2v) is 7.20. The molecule has 0 aliphatic heterocycles. The van der Waals surface area contributed by atoms with E-state index < -0.39 is 44.0 Å². The summed E-state index contributed by atoms with van der Waals surface area (Å²) in [7, 11) is -3.29. The molecule has 0 atom stereocenters. The number of nitrogens with zero attached hydrogens (tertiary/aromatic N) is 2. The lowest BCUT2D eigenvalue weighted by Gasteiger charge is -2.16. The molecular weight excluding hydrogens is 337 g/mol. The molecule has 0 spiro atoms. The fraction of sp³-hybridized carbons (Fsp3) is 0.500. The third-order valence-corrected chi connectivity index (χ3v) is 5.75. The van der Waals surface area contributed by atoms with Crippen molar-refractivity contribution < 1.29 is 26.5 Å². The van der Waals surface area contributed by atoms with Crippen LogP contribution >= 0.6 is 11.3 Å². The van der Waals surface area contributed by atoms with Crippen LogP contribution in [0.1, 0.15) is 6.42 Å². The zero-order valence-electron chi connectivity index (χ0n) is 10.5. The fourth-order valence-corrected chi connectivity index (χ4v) is 3.90. The fourth-order valence-electron chi connectivity index (χ4n) is 1.28. The van der Waals surface area contributed by atoms with Crippen molar-refractivity contribution in [3.63, 3.8) is 0 Å². The van der Waals surface area contributed by atoms with Crippen molar-refractivity contribution in [2.45, 2.75) is 16.8 Å². The number of hydrogen-bond donors (Lipinski definition) is 2. The Kier molecular flexibility index (Phi) is 5.14. The van der Waals surface area contributed by atoms with Crippen molar-refractivity contribution in [1.82, 2.24) is 4.31 Å². The molecule has 1 heterocycles. The summed E-state index contributed by atoms with van der Waals surface area (Å²) in [6.07, 6.45) is -5.83. The Balaban J connectivity index is 3.05. The lowest BCUT2D eigenvalue weighted by Crippen LogP contribution is -2.30. The van der Waals surface area contributed by atoms with E-state index in [0.717, 1.165) is 13.1 Å². The van der Waals surface area contributed by atoms with Crippen LogP contribution < -0.4 is 11.3 Å². The number of nitrogens with two attached hydrogens (primary N) is 1. The number of nitrogen functional groups attached to an aromatic ring is 1. The maximum absolute atomic E-state index is 12.1. The number of rotatable bonds is 6. The standard InChI is InChI=1S/C8H11F3N4O4S2/c1-14(3-2-8(9,10)11)21(18,19)6-4-5(15(16)17)7(13-12)20-6/h4,13H,2-3,12H2,1H3. The average Bonchev–Trinajstić information content (AvgIpc) is 2.79. The molecule has 1 aromatic heterocycles. The zero-order valence-corrected chi connectivity index (χ0v) is 12.2. The van der Waals surface area contributed by atoms with Crippen LogP contribution in [0.3, 0.4) is 0 Å². The number of hydrazine groups is 1. The highest BCUT2D eigenvalue weighted by Gasteiger charge is 2.33.